The number of aliphatic hydroxyl groups excluding tert-OH is 1. The minimum Gasteiger partial charge on any atom is -0.396 e. The van der Waals surface area contributed by atoms with Crippen LogP contribution in [0.1, 0.15) is 40.5 Å². The molecule has 0 aromatic heterocycles. The minimum absolute atomic E-state index is 0.0885. The molecule has 1 spiro atoms. The Bertz CT molecular complexity index is 877. The predicted octanol–water partition coefficient (Wildman–Crippen LogP) is 0.955. The number of hydrogen-bond acceptors (Lipinski definition) is 5. The molecule has 0 aromatic carbocycles. The van der Waals surface area contributed by atoms with Crippen molar-refractivity contribution in [1.29, 1.82) is 0 Å². The van der Waals surface area contributed by atoms with Gasteiger partial charge in [-0.25, -0.2) is 0 Å². The van der Waals surface area contributed by atoms with Gasteiger partial charge in [0.2, 0.25) is 17.7 Å². The van der Waals surface area contributed by atoms with E-state index in [1.165, 1.54) is 0 Å². The van der Waals surface area contributed by atoms with Gasteiger partial charge in [-0.05, 0) is 33.6 Å². The van der Waals surface area contributed by atoms with Crippen molar-refractivity contribution in [1.82, 2.24) is 14.7 Å². The first kappa shape index (κ1) is 23.0. The summed E-state index contributed by atoms with van der Waals surface area (Å²) in [6.07, 6.45) is 8.51. The number of fused-ring (bicyclic) bond motifs is 2. The second-order valence-electron chi connectivity index (χ2n) is 10.4. The summed E-state index contributed by atoms with van der Waals surface area (Å²) in [5.74, 6) is -2.04. The molecule has 8 nitrogen and oxygen atoms in total. The average Bonchev–Trinajstić information content (AvgIpc) is 3.02. The smallest absolute Gasteiger partial charge is 0.249 e. The van der Waals surface area contributed by atoms with E-state index in [1.54, 1.807) is 21.7 Å². The molecular formula is C24H35N3O5. The standard InChI is InChI=1S/C24H35N3O5/c1-6-23-10-7-12-25(5)19(29)16(23)17-20(30)26(13-9-15-28)18-21(31)27(22(2,3)4)14-8-11-24(17,18)32-23/h7-8,10-11,16-18,28H,6,9,12-15H2,1-5H3/t16-,17+,18?,23+,24+/m1/s1. The van der Waals surface area contributed by atoms with Crippen LogP contribution >= 0.6 is 0 Å². The molecule has 5 atom stereocenters. The summed E-state index contributed by atoms with van der Waals surface area (Å²) in [5, 5.41) is 9.44. The lowest BCUT2D eigenvalue weighted by atomic mass is 9.73. The molecule has 2 saturated heterocycles. The molecule has 2 fully saturated rings. The highest BCUT2D eigenvalue weighted by atomic mass is 16.5. The molecule has 0 aliphatic carbocycles. The number of hydrogen-bond donors (Lipinski definition) is 1. The van der Waals surface area contributed by atoms with Crippen LogP contribution in [0, 0.1) is 11.8 Å². The number of amides is 3. The molecule has 176 valence electrons. The molecule has 1 unspecified atom stereocenters. The van der Waals surface area contributed by atoms with E-state index in [9.17, 15) is 19.5 Å². The summed E-state index contributed by atoms with van der Waals surface area (Å²) in [6, 6.07) is -0.869. The highest BCUT2D eigenvalue weighted by Gasteiger charge is 2.75. The third-order valence-corrected chi connectivity index (χ3v) is 7.51. The lowest BCUT2D eigenvalue weighted by Crippen LogP contribution is -2.59. The highest BCUT2D eigenvalue weighted by Crippen LogP contribution is 2.58. The number of carbonyl (C=O) groups excluding carboxylic acids is 3. The van der Waals surface area contributed by atoms with Gasteiger partial charge < -0.3 is 24.5 Å². The van der Waals surface area contributed by atoms with Crippen LogP contribution in [0.15, 0.2) is 24.3 Å². The molecule has 32 heavy (non-hydrogen) atoms. The van der Waals surface area contributed by atoms with Crippen LogP contribution in [0.25, 0.3) is 0 Å². The van der Waals surface area contributed by atoms with Crippen LogP contribution in [-0.2, 0) is 19.1 Å². The largest absolute Gasteiger partial charge is 0.396 e. The molecule has 4 aliphatic heterocycles. The second kappa shape index (κ2) is 7.70. The van der Waals surface area contributed by atoms with E-state index in [1.807, 2.05) is 52.0 Å². The molecular weight excluding hydrogens is 410 g/mol. The van der Waals surface area contributed by atoms with Crippen molar-refractivity contribution in [3.05, 3.63) is 24.3 Å². The molecule has 1 N–H and O–H groups in total. The summed E-state index contributed by atoms with van der Waals surface area (Å²) in [7, 11) is 1.74. The Balaban J connectivity index is 1.90. The summed E-state index contributed by atoms with van der Waals surface area (Å²) in [5.41, 5.74) is -2.61. The number of aliphatic hydroxyl groups is 1. The van der Waals surface area contributed by atoms with Crippen molar-refractivity contribution in [2.75, 3.05) is 33.3 Å². The zero-order valence-electron chi connectivity index (χ0n) is 19.7. The summed E-state index contributed by atoms with van der Waals surface area (Å²) in [6.45, 7) is 8.89. The van der Waals surface area contributed by atoms with E-state index in [2.05, 4.69) is 0 Å². The van der Waals surface area contributed by atoms with Gasteiger partial charge in [0.25, 0.3) is 0 Å². The molecule has 4 aliphatic rings. The Labute approximate surface area is 189 Å². The van der Waals surface area contributed by atoms with E-state index in [-0.39, 0.29) is 30.9 Å². The molecule has 4 rings (SSSR count). The van der Waals surface area contributed by atoms with E-state index in [0.717, 1.165) is 0 Å². The van der Waals surface area contributed by atoms with Crippen LogP contribution in [0.4, 0.5) is 0 Å². The third-order valence-electron chi connectivity index (χ3n) is 7.51. The van der Waals surface area contributed by atoms with Crippen molar-refractivity contribution < 1.29 is 24.2 Å². The number of ether oxygens (including phenoxy) is 1. The van der Waals surface area contributed by atoms with E-state index >= 15 is 0 Å². The maximum absolute atomic E-state index is 14.0. The number of rotatable bonds is 4. The van der Waals surface area contributed by atoms with Crippen molar-refractivity contribution in [2.45, 2.75) is 63.3 Å². The van der Waals surface area contributed by atoms with Gasteiger partial charge in [-0.3, -0.25) is 14.4 Å². The van der Waals surface area contributed by atoms with Gasteiger partial charge in [-0.15, -0.1) is 0 Å². The van der Waals surface area contributed by atoms with Crippen LogP contribution in [-0.4, -0.2) is 93.6 Å². The number of carbonyl (C=O) groups is 3. The highest BCUT2D eigenvalue weighted by molar-refractivity contribution is 6.00. The van der Waals surface area contributed by atoms with E-state index < -0.39 is 34.6 Å². The predicted molar refractivity (Wildman–Crippen MR) is 118 cm³/mol. The normalized spacial score (nSPS) is 36.9. The fourth-order valence-electron chi connectivity index (χ4n) is 5.97. The fourth-order valence-corrected chi connectivity index (χ4v) is 5.97. The molecule has 4 heterocycles. The fraction of sp³-hybridized carbons (Fsp3) is 0.708. The summed E-state index contributed by atoms with van der Waals surface area (Å²) in [4.78, 5) is 46.4. The summed E-state index contributed by atoms with van der Waals surface area (Å²) >= 11 is 0. The van der Waals surface area contributed by atoms with Gasteiger partial charge in [0.15, 0.2) is 0 Å². The third kappa shape index (κ3) is 3.06. The Morgan fingerprint density at radius 3 is 2.38 bits per heavy atom. The first-order valence-electron chi connectivity index (χ1n) is 11.6. The van der Waals surface area contributed by atoms with Gasteiger partial charge >= 0.3 is 0 Å². The lowest BCUT2D eigenvalue weighted by Gasteiger charge is -2.41. The van der Waals surface area contributed by atoms with Gasteiger partial charge in [-0.1, -0.05) is 31.2 Å². The number of likely N-dealkylation sites (tertiary alicyclic amines) is 1. The van der Waals surface area contributed by atoms with Crippen LogP contribution < -0.4 is 0 Å². The van der Waals surface area contributed by atoms with Crippen LogP contribution in [0.2, 0.25) is 0 Å². The van der Waals surface area contributed by atoms with Crippen molar-refractivity contribution >= 4 is 17.7 Å². The minimum atomic E-state index is -1.22. The quantitative estimate of drug-likeness (QED) is 0.651. The maximum atomic E-state index is 14.0. The number of nitrogens with zero attached hydrogens (tertiary/aromatic N) is 3. The SMILES string of the molecule is CC[C@]12C=CCN(C)C(=O)[C@H]1[C@H]1C(=O)N(CCCO)C3C(=O)N(C(C)(C)C)CC=C[C@@]31O2. The van der Waals surface area contributed by atoms with Gasteiger partial charge in [0.1, 0.15) is 11.6 Å². The summed E-state index contributed by atoms with van der Waals surface area (Å²) < 4.78 is 6.81. The van der Waals surface area contributed by atoms with Crippen molar-refractivity contribution in [2.24, 2.45) is 11.8 Å². The monoisotopic (exact) mass is 445 g/mol. The maximum Gasteiger partial charge on any atom is 0.249 e. The first-order valence-corrected chi connectivity index (χ1v) is 11.6. The average molecular weight is 446 g/mol. The van der Waals surface area contributed by atoms with Gasteiger partial charge in [-0.2, -0.15) is 0 Å². The van der Waals surface area contributed by atoms with Crippen molar-refractivity contribution in [3.63, 3.8) is 0 Å². The zero-order valence-corrected chi connectivity index (χ0v) is 19.7. The molecule has 0 aromatic rings. The zero-order chi connectivity index (χ0) is 23.5. The van der Waals surface area contributed by atoms with Gasteiger partial charge in [0, 0.05) is 38.8 Å². The molecule has 0 radical (unpaired) electrons. The van der Waals surface area contributed by atoms with Crippen LogP contribution in [0.3, 0.4) is 0 Å². The molecule has 0 saturated carbocycles. The molecule has 0 bridgehead atoms. The Hall–Kier alpha value is -2.19. The number of likely N-dealkylation sites (N-methyl/N-ethyl adjacent to an activating group) is 1. The topological polar surface area (TPSA) is 90.4 Å². The molecule has 8 heteroatoms. The first-order chi connectivity index (χ1) is 15.0. The van der Waals surface area contributed by atoms with E-state index in [4.69, 9.17) is 4.74 Å². The van der Waals surface area contributed by atoms with Gasteiger partial charge in [0.05, 0.1) is 17.4 Å². The Kier molecular flexibility index (Phi) is 5.53. The molecule has 3 amide bonds. The van der Waals surface area contributed by atoms with E-state index in [0.29, 0.717) is 25.9 Å². The second-order valence-corrected chi connectivity index (χ2v) is 10.4. The van der Waals surface area contributed by atoms with Crippen molar-refractivity contribution in [3.8, 4) is 0 Å². The Morgan fingerprint density at radius 1 is 1.06 bits per heavy atom. The van der Waals surface area contributed by atoms with Crippen LogP contribution in [0.5, 0.6) is 0 Å². The lowest BCUT2D eigenvalue weighted by molar-refractivity contribution is -0.156. The Morgan fingerprint density at radius 2 is 1.75 bits per heavy atom.